The molecule has 0 radical (unpaired) electrons. The van der Waals surface area contributed by atoms with Crippen LogP contribution in [0.5, 0.6) is 0 Å². The molecule has 0 unspecified atom stereocenters. The normalized spacial score (nSPS) is 11.4. The Labute approximate surface area is 155 Å². The van der Waals surface area contributed by atoms with E-state index < -0.39 is 10.1 Å². The Morgan fingerprint density at radius 1 is 0.955 bits per heavy atom. The zero-order chi connectivity index (χ0) is 15.3. The first-order valence-electron chi connectivity index (χ1n) is 7.50. The quantitative estimate of drug-likeness (QED) is 0.437. The molecule has 0 heterocycles. The molecule has 0 saturated heterocycles. The van der Waals surface area contributed by atoms with Crippen molar-refractivity contribution < 1.29 is 42.5 Å². The predicted octanol–water partition coefficient (Wildman–Crippen LogP) is 1.26. The number of hydrogen-bond acceptors (Lipinski definition) is 3. The van der Waals surface area contributed by atoms with Crippen LogP contribution in [0.3, 0.4) is 0 Å². The van der Waals surface area contributed by atoms with E-state index in [1.165, 1.54) is 25.3 Å². The second-order valence-corrected chi connectivity index (χ2v) is 6.74. The van der Waals surface area contributed by atoms with Gasteiger partial charge in [0.15, 0.2) is 0 Å². The molecule has 0 aliphatic carbocycles. The van der Waals surface area contributed by atoms with E-state index in [1.807, 2.05) is 24.3 Å². The molecule has 3 nitrogen and oxygen atoms in total. The molecule has 0 fully saturated rings. The SMILES string of the molecule is CCCCCCCc1cccc2cccc(S(=O)(=O)[O-])c12.[Na+]. The summed E-state index contributed by atoms with van der Waals surface area (Å²) in [5.41, 5.74) is 0.957. The zero-order valence-corrected chi connectivity index (χ0v) is 16.2. The van der Waals surface area contributed by atoms with Gasteiger partial charge in [-0.2, -0.15) is 0 Å². The Kier molecular flexibility index (Phi) is 8.08. The molecular weight excluding hydrogens is 307 g/mol. The number of fused-ring (bicyclic) bond motifs is 1. The summed E-state index contributed by atoms with van der Waals surface area (Å²) in [7, 11) is -4.44. The summed E-state index contributed by atoms with van der Waals surface area (Å²) >= 11 is 0. The van der Waals surface area contributed by atoms with Crippen LogP contribution < -0.4 is 29.6 Å². The molecule has 0 bridgehead atoms. The summed E-state index contributed by atoms with van der Waals surface area (Å²) < 4.78 is 34.4. The second-order valence-electron chi connectivity index (χ2n) is 5.39. The van der Waals surface area contributed by atoms with E-state index in [0.29, 0.717) is 5.39 Å². The van der Waals surface area contributed by atoms with Gasteiger partial charge >= 0.3 is 29.6 Å². The van der Waals surface area contributed by atoms with Crippen molar-refractivity contribution in [3.63, 3.8) is 0 Å². The number of aryl methyl sites for hydroxylation is 1. The molecule has 0 amide bonds. The van der Waals surface area contributed by atoms with E-state index in [2.05, 4.69) is 6.92 Å². The molecule has 0 aliphatic rings. The largest absolute Gasteiger partial charge is 1.00 e. The topological polar surface area (TPSA) is 57.2 Å². The van der Waals surface area contributed by atoms with Gasteiger partial charge in [0.1, 0.15) is 10.1 Å². The molecule has 2 aromatic carbocycles. The third-order valence-corrected chi connectivity index (χ3v) is 4.65. The molecule has 0 N–H and O–H groups in total. The van der Waals surface area contributed by atoms with Gasteiger partial charge in [-0.05, 0) is 29.9 Å². The van der Waals surface area contributed by atoms with Crippen molar-refractivity contribution in [1.29, 1.82) is 0 Å². The Morgan fingerprint density at radius 2 is 1.59 bits per heavy atom. The van der Waals surface area contributed by atoms with Crippen LogP contribution in [0, 0.1) is 0 Å². The van der Waals surface area contributed by atoms with Crippen molar-refractivity contribution in [3.8, 4) is 0 Å². The van der Waals surface area contributed by atoms with E-state index in [4.69, 9.17) is 0 Å². The van der Waals surface area contributed by atoms with E-state index >= 15 is 0 Å². The first-order chi connectivity index (χ1) is 10.0. The van der Waals surface area contributed by atoms with Gasteiger partial charge in [-0.15, -0.1) is 0 Å². The summed E-state index contributed by atoms with van der Waals surface area (Å²) in [6, 6.07) is 10.6. The van der Waals surface area contributed by atoms with Crippen molar-refractivity contribution in [1.82, 2.24) is 0 Å². The Morgan fingerprint density at radius 3 is 2.23 bits per heavy atom. The van der Waals surface area contributed by atoms with Crippen LogP contribution in [-0.4, -0.2) is 13.0 Å². The Balaban J connectivity index is 0.00000242. The first kappa shape index (κ1) is 19.7. The molecule has 2 aromatic rings. The van der Waals surface area contributed by atoms with Gasteiger partial charge in [-0.1, -0.05) is 62.9 Å². The van der Waals surface area contributed by atoms with Crippen LogP contribution in [0.2, 0.25) is 0 Å². The fraction of sp³-hybridized carbons (Fsp3) is 0.412. The Hall–Kier alpha value is -0.390. The molecule has 2 rings (SSSR count). The molecule has 0 aromatic heterocycles. The van der Waals surface area contributed by atoms with Crippen LogP contribution >= 0.6 is 0 Å². The van der Waals surface area contributed by atoms with Crippen molar-refractivity contribution in [2.45, 2.75) is 50.3 Å². The summed E-state index contributed by atoms with van der Waals surface area (Å²) in [6.07, 6.45) is 6.60. The van der Waals surface area contributed by atoms with Gasteiger partial charge in [-0.25, -0.2) is 8.42 Å². The summed E-state index contributed by atoms with van der Waals surface area (Å²) in [4.78, 5) is -0.0934. The summed E-state index contributed by atoms with van der Waals surface area (Å²) in [5, 5.41) is 1.42. The maximum Gasteiger partial charge on any atom is 1.00 e. The standard InChI is InChI=1S/C17H22O3S.Na/c1-2-3-4-5-6-9-14-10-7-11-15-12-8-13-16(17(14)15)21(18,19)20;/h7-8,10-13H,2-6,9H2,1H3,(H,18,19,20);/q;+1/p-1. The fourth-order valence-electron chi connectivity index (χ4n) is 2.72. The van der Waals surface area contributed by atoms with Crippen LogP contribution in [0.4, 0.5) is 0 Å². The molecule has 0 atom stereocenters. The first-order valence-corrected chi connectivity index (χ1v) is 8.91. The smallest absolute Gasteiger partial charge is 0.744 e. The van der Waals surface area contributed by atoms with Gasteiger partial charge in [-0.3, -0.25) is 0 Å². The van der Waals surface area contributed by atoms with Crippen LogP contribution in [0.15, 0.2) is 41.3 Å². The summed E-state index contributed by atoms with van der Waals surface area (Å²) in [5.74, 6) is 0. The maximum absolute atomic E-state index is 11.5. The van der Waals surface area contributed by atoms with Crippen molar-refractivity contribution in [2.75, 3.05) is 0 Å². The average molecular weight is 328 g/mol. The summed E-state index contributed by atoms with van der Waals surface area (Å²) in [6.45, 7) is 2.18. The third kappa shape index (κ3) is 5.07. The molecule has 0 spiro atoms. The number of hydrogen-bond donors (Lipinski definition) is 0. The van der Waals surface area contributed by atoms with Crippen LogP contribution in [-0.2, 0) is 16.5 Å². The van der Waals surface area contributed by atoms with Crippen LogP contribution in [0.25, 0.3) is 10.8 Å². The molecule has 0 saturated carbocycles. The van der Waals surface area contributed by atoms with Gasteiger partial charge in [0.2, 0.25) is 0 Å². The minimum atomic E-state index is -4.44. The number of unbranched alkanes of at least 4 members (excludes halogenated alkanes) is 4. The molecular formula is C17H21NaO3S. The minimum Gasteiger partial charge on any atom is -0.744 e. The Bertz CT molecular complexity index is 706. The number of rotatable bonds is 7. The van der Waals surface area contributed by atoms with E-state index in [-0.39, 0.29) is 34.5 Å². The van der Waals surface area contributed by atoms with Gasteiger partial charge in [0.25, 0.3) is 0 Å². The molecule has 0 aliphatic heterocycles. The fourth-order valence-corrected chi connectivity index (χ4v) is 3.46. The maximum atomic E-state index is 11.5. The van der Waals surface area contributed by atoms with Crippen molar-refractivity contribution in [2.24, 2.45) is 0 Å². The zero-order valence-electron chi connectivity index (χ0n) is 13.3. The molecule has 5 heteroatoms. The third-order valence-electron chi connectivity index (χ3n) is 3.77. The minimum absolute atomic E-state index is 0. The molecule has 114 valence electrons. The van der Waals surface area contributed by atoms with Gasteiger partial charge in [0.05, 0.1) is 4.90 Å². The van der Waals surface area contributed by atoms with E-state index in [1.54, 1.807) is 6.07 Å². The van der Waals surface area contributed by atoms with Gasteiger partial charge in [0, 0.05) is 5.39 Å². The van der Waals surface area contributed by atoms with Crippen molar-refractivity contribution in [3.05, 3.63) is 42.0 Å². The van der Waals surface area contributed by atoms with Crippen LogP contribution in [0.1, 0.15) is 44.6 Å². The van der Waals surface area contributed by atoms with Gasteiger partial charge < -0.3 is 4.55 Å². The predicted molar refractivity (Wildman–Crippen MR) is 84.4 cm³/mol. The van der Waals surface area contributed by atoms with Crippen molar-refractivity contribution >= 4 is 20.9 Å². The molecule has 22 heavy (non-hydrogen) atoms. The van der Waals surface area contributed by atoms with E-state index in [9.17, 15) is 13.0 Å². The average Bonchev–Trinajstić information content (AvgIpc) is 2.45. The monoisotopic (exact) mass is 328 g/mol. The second kappa shape index (κ2) is 9.04. The van der Waals surface area contributed by atoms with E-state index in [0.717, 1.165) is 30.2 Å². The number of benzene rings is 2.